The third-order valence-electron chi connectivity index (χ3n) is 3.89. The van der Waals surface area contributed by atoms with Gasteiger partial charge in [-0.05, 0) is 36.8 Å². The van der Waals surface area contributed by atoms with Crippen molar-refractivity contribution in [1.29, 1.82) is 0 Å². The molecule has 0 radical (unpaired) electrons. The number of benzene rings is 2. The molecule has 10 heteroatoms. The Balaban J connectivity index is 2.02. The molecule has 1 aliphatic heterocycles. The second kappa shape index (κ2) is 7.46. The number of hydrogen-bond acceptors (Lipinski definition) is 5. The lowest BCUT2D eigenvalue weighted by Gasteiger charge is -2.27. The molecule has 0 saturated carbocycles. The summed E-state index contributed by atoms with van der Waals surface area (Å²) in [6.45, 7) is 1.76. The highest BCUT2D eigenvalue weighted by molar-refractivity contribution is 7.92. The quantitative estimate of drug-likeness (QED) is 0.749. The van der Waals surface area contributed by atoms with Gasteiger partial charge in [-0.1, -0.05) is 30.1 Å². The highest BCUT2D eigenvalue weighted by atomic mass is 35.5. The van der Waals surface area contributed by atoms with Crippen molar-refractivity contribution in [3.05, 3.63) is 40.4 Å². The molecule has 1 atom stereocenters. The summed E-state index contributed by atoms with van der Waals surface area (Å²) in [5.41, 5.74) is 0.437. The smallest absolute Gasteiger partial charge is 0.265 e. The van der Waals surface area contributed by atoms with Gasteiger partial charge in [-0.3, -0.25) is 9.52 Å². The fourth-order valence-electron chi connectivity index (χ4n) is 2.60. The Morgan fingerprint density at radius 2 is 2.00 bits per heavy atom. The second-order valence-corrected chi connectivity index (χ2v) is 8.23. The van der Waals surface area contributed by atoms with Crippen LogP contribution in [-0.2, 0) is 14.8 Å². The Morgan fingerprint density at radius 1 is 1.26 bits per heavy atom. The molecule has 1 heterocycles. The van der Waals surface area contributed by atoms with Crippen LogP contribution in [0.15, 0.2) is 35.2 Å². The number of ether oxygens (including phenoxy) is 2. The van der Waals surface area contributed by atoms with Crippen molar-refractivity contribution in [2.45, 2.75) is 24.3 Å². The molecule has 1 unspecified atom stereocenters. The van der Waals surface area contributed by atoms with Crippen molar-refractivity contribution in [1.82, 2.24) is 0 Å². The highest BCUT2D eigenvalue weighted by Gasteiger charge is 2.32. The molecule has 0 bridgehead atoms. The molecule has 0 aliphatic carbocycles. The van der Waals surface area contributed by atoms with Crippen molar-refractivity contribution >= 4 is 50.5 Å². The average Bonchev–Trinajstić information content (AvgIpc) is 2.60. The van der Waals surface area contributed by atoms with Gasteiger partial charge in [0.15, 0.2) is 11.9 Å². The number of nitrogens with one attached hydrogen (secondary N) is 2. The number of carbonyl (C=O) groups is 1. The number of amides is 1. The van der Waals surface area contributed by atoms with Gasteiger partial charge in [-0.2, -0.15) is 0 Å². The van der Waals surface area contributed by atoms with Crippen molar-refractivity contribution < 1.29 is 22.7 Å². The van der Waals surface area contributed by atoms with Crippen LogP contribution in [0.3, 0.4) is 0 Å². The lowest BCUT2D eigenvalue weighted by molar-refractivity contribution is -0.123. The first-order valence-corrected chi connectivity index (χ1v) is 10.2. The van der Waals surface area contributed by atoms with E-state index in [1.54, 1.807) is 6.92 Å². The van der Waals surface area contributed by atoms with E-state index in [1.165, 1.54) is 37.4 Å². The van der Waals surface area contributed by atoms with Gasteiger partial charge in [0.25, 0.3) is 15.9 Å². The van der Waals surface area contributed by atoms with Crippen molar-refractivity contribution in [2.24, 2.45) is 0 Å². The van der Waals surface area contributed by atoms with Gasteiger partial charge >= 0.3 is 0 Å². The molecular weight excluding hydrogens is 415 g/mol. The van der Waals surface area contributed by atoms with Gasteiger partial charge in [0.1, 0.15) is 10.6 Å². The summed E-state index contributed by atoms with van der Waals surface area (Å²) in [7, 11) is -2.62. The number of hydrogen-bond donors (Lipinski definition) is 2. The van der Waals surface area contributed by atoms with Gasteiger partial charge in [-0.25, -0.2) is 8.42 Å². The Kier molecular flexibility index (Phi) is 5.41. The van der Waals surface area contributed by atoms with Crippen molar-refractivity contribution in [3.63, 3.8) is 0 Å². The summed E-state index contributed by atoms with van der Waals surface area (Å²) in [6.07, 6.45) is -0.405. The summed E-state index contributed by atoms with van der Waals surface area (Å²) < 4.78 is 39.0. The lowest BCUT2D eigenvalue weighted by Crippen LogP contribution is -2.37. The van der Waals surface area contributed by atoms with Crippen LogP contribution in [0.25, 0.3) is 0 Å². The minimum absolute atomic E-state index is 0.0398. The standard InChI is InChI=1S/C17H16Cl2N2O5S/c1-3-13-17(22)20-12-6-9(18)7-15(16(12)26-13)27(23,24)21-10-4-5-14(25-2)11(19)8-10/h4-8,13,21H,3H2,1-2H3,(H,20,22). The molecule has 2 aromatic carbocycles. The third-order valence-corrected chi connectivity index (χ3v) is 5.79. The van der Waals surface area contributed by atoms with E-state index in [0.29, 0.717) is 12.2 Å². The van der Waals surface area contributed by atoms with E-state index in [-0.39, 0.29) is 38.0 Å². The van der Waals surface area contributed by atoms with Crippen LogP contribution >= 0.6 is 23.2 Å². The van der Waals surface area contributed by atoms with E-state index in [0.717, 1.165) is 0 Å². The molecule has 2 N–H and O–H groups in total. The highest BCUT2D eigenvalue weighted by Crippen LogP contribution is 2.40. The molecular formula is C17H16Cl2N2O5S. The molecule has 7 nitrogen and oxygen atoms in total. The Bertz CT molecular complexity index is 1010. The molecule has 2 aromatic rings. The zero-order valence-corrected chi connectivity index (χ0v) is 16.7. The first kappa shape index (κ1) is 19.6. The predicted molar refractivity (Wildman–Crippen MR) is 104 cm³/mol. The van der Waals surface area contributed by atoms with Crippen LogP contribution in [0.2, 0.25) is 10.0 Å². The first-order valence-electron chi connectivity index (χ1n) is 7.92. The Morgan fingerprint density at radius 3 is 2.63 bits per heavy atom. The lowest BCUT2D eigenvalue weighted by atomic mass is 10.2. The summed E-state index contributed by atoms with van der Waals surface area (Å²) in [5.74, 6) is 0.0973. The molecule has 0 spiro atoms. The number of fused-ring (bicyclic) bond motifs is 1. The number of anilines is 2. The summed E-state index contributed by atoms with van der Waals surface area (Å²) >= 11 is 12.1. The maximum Gasteiger partial charge on any atom is 0.265 e. The van der Waals surface area contributed by atoms with E-state index in [4.69, 9.17) is 32.7 Å². The monoisotopic (exact) mass is 430 g/mol. The SMILES string of the molecule is CCC1Oc2c(cc(Cl)cc2S(=O)(=O)Nc2ccc(OC)c(Cl)c2)NC1=O. The molecule has 0 saturated heterocycles. The fraction of sp³-hybridized carbons (Fsp3) is 0.235. The fourth-order valence-corrected chi connectivity index (χ4v) is 4.37. The van der Waals surface area contributed by atoms with Gasteiger partial charge in [0, 0.05) is 5.02 Å². The number of sulfonamides is 1. The van der Waals surface area contributed by atoms with Crippen LogP contribution in [0.4, 0.5) is 11.4 Å². The maximum absolute atomic E-state index is 12.9. The van der Waals surface area contributed by atoms with Gasteiger partial charge in [0.2, 0.25) is 0 Å². The molecule has 1 amide bonds. The van der Waals surface area contributed by atoms with Gasteiger partial charge in [0.05, 0.1) is 23.5 Å². The van der Waals surface area contributed by atoms with Crippen LogP contribution in [0.1, 0.15) is 13.3 Å². The van der Waals surface area contributed by atoms with E-state index < -0.39 is 16.1 Å². The zero-order valence-electron chi connectivity index (χ0n) is 14.4. The molecule has 27 heavy (non-hydrogen) atoms. The number of methoxy groups -OCH3 is 1. The van der Waals surface area contributed by atoms with E-state index in [1.807, 2.05) is 0 Å². The Labute approximate surface area is 166 Å². The summed E-state index contributed by atoms with van der Waals surface area (Å²) in [4.78, 5) is 11.8. The van der Waals surface area contributed by atoms with E-state index in [9.17, 15) is 13.2 Å². The van der Waals surface area contributed by atoms with Gasteiger partial charge in [-0.15, -0.1) is 0 Å². The number of carbonyl (C=O) groups excluding carboxylic acids is 1. The second-order valence-electron chi connectivity index (χ2n) is 5.74. The summed E-state index contributed by atoms with van der Waals surface area (Å²) in [6, 6.07) is 7.17. The number of halogens is 2. The summed E-state index contributed by atoms with van der Waals surface area (Å²) in [5, 5.41) is 3.01. The van der Waals surface area contributed by atoms with Gasteiger partial charge < -0.3 is 14.8 Å². The molecule has 0 aromatic heterocycles. The predicted octanol–water partition coefficient (Wildman–Crippen LogP) is 3.91. The van der Waals surface area contributed by atoms with Crippen molar-refractivity contribution in [3.8, 4) is 11.5 Å². The van der Waals surface area contributed by atoms with E-state index >= 15 is 0 Å². The van der Waals surface area contributed by atoms with E-state index in [2.05, 4.69) is 10.0 Å². The first-order chi connectivity index (χ1) is 12.7. The number of rotatable bonds is 5. The zero-order chi connectivity index (χ0) is 19.8. The van der Waals surface area contributed by atoms with Crippen molar-refractivity contribution in [2.75, 3.05) is 17.1 Å². The maximum atomic E-state index is 12.9. The largest absolute Gasteiger partial charge is 0.495 e. The third kappa shape index (κ3) is 3.92. The van der Waals surface area contributed by atoms with Crippen LogP contribution in [0.5, 0.6) is 11.5 Å². The van der Waals surface area contributed by atoms with Crippen LogP contribution in [-0.4, -0.2) is 27.5 Å². The van der Waals surface area contributed by atoms with Crippen LogP contribution in [0, 0.1) is 0 Å². The topological polar surface area (TPSA) is 93.7 Å². The molecule has 0 fully saturated rings. The molecule has 3 rings (SSSR count). The average molecular weight is 431 g/mol. The minimum Gasteiger partial charge on any atom is -0.495 e. The molecule has 144 valence electrons. The normalized spacial score (nSPS) is 16.1. The molecule has 1 aliphatic rings. The van der Waals surface area contributed by atoms with Crippen LogP contribution < -0.4 is 19.5 Å². The Hall–Kier alpha value is -2.16. The minimum atomic E-state index is -4.07.